The highest BCUT2D eigenvalue weighted by molar-refractivity contribution is 7.85. The molecule has 0 aliphatic heterocycles. The fourth-order valence-electron chi connectivity index (χ4n) is 4.88. The zero-order valence-electron chi connectivity index (χ0n) is 21.6. The first-order valence-corrected chi connectivity index (χ1v) is 14.9. The summed E-state index contributed by atoms with van der Waals surface area (Å²) in [6.07, 6.45) is 0. The lowest BCUT2D eigenvalue weighted by atomic mass is 10.0. The molecular formula is C28H19N6O6S2-. The van der Waals surface area contributed by atoms with E-state index in [4.69, 9.17) is 14.2 Å². The lowest BCUT2D eigenvalue weighted by Gasteiger charge is -2.08. The molecule has 1 atom stereocenters. The number of aromatic nitrogens is 6. The standard InChI is InChI=1S/C28H20N6O6S2/c1-14-2-7-20-23(10-14)33-27(30-20)18-6-3-15(26-29-22-9-5-17(42(37,38)39)13-25(22)32-26)11-19(18)28-31-21-8-4-16(40-41(35)36)12-24(21)34-28/h2-13H,1H3,(H,29,32)(H,30,33)(H,31,34)(H,35,36)(H,37,38,39)/p-1. The molecule has 0 amide bonds. The molecule has 0 saturated carbocycles. The van der Waals surface area contributed by atoms with E-state index in [0.717, 1.165) is 22.2 Å². The lowest BCUT2D eigenvalue weighted by Crippen LogP contribution is -1.97. The quantitative estimate of drug-likeness (QED) is 0.150. The molecule has 0 saturated heterocycles. The van der Waals surface area contributed by atoms with E-state index in [1.165, 1.54) is 24.3 Å². The molecule has 0 aliphatic rings. The normalized spacial score (nSPS) is 12.8. The number of fused-ring (bicyclic) bond motifs is 3. The van der Waals surface area contributed by atoms with Crippen LogP contribution in [0.25, 0.3) is 67.3 Å². The number of hydrogen-bond acceptors (Lipinski definition) is 8. The van der Waals surface area contributed by atoms with Crippen molar-refractivity contribution in [3.05, 3.63) is 78.4 Å². The summed E-state index contributed by atoms with van der Waals surface area (Å²) >= 11 is -2.72. The number of imidazole rings is 3. The number of rotatable bonds is 6. The fraction of sp³-hybridized carbons (Fsp3) is 0.0357. The maximum Gasteiger partial charge on any atom is 0.294 e. The van der Waals surface area contributed by atoms with Crippen molar-refractivity contribution in [2.24, 2.45) is 0 Å². The van der Waals surface area contributed by atoms with Crippen LogP contribution in [0.5, 0.6) is 5.75 Å². The van der Waals surface area contributed by atoms with E-state index in [-0.39, 0.29) is 10.6 Å². The Kier molecular flexibility index (Phi) is 5.95. The lowest BCUT2D eigenvalue weighted by molar-refractivity contribution is 0.440. The molecule has 0 fully saturated rings. The SMILES string of the molecule is Cc1ccc2nc(-c3ccc(-c4nc5ccc(S(=O)(=O)O)cc5[nH]4)cc3-c3nc4ccc(OS(=O)[O-])cc4[nH]3)[nH]c2c1. The minimum absolute atomic E-state index is 0.138. The van der Waals surface area contributed by atoms with Crippen LogP contribution < -0.4 is 4.18 Å². The largest absolute Gasteiger partial charge is 0.740 e. The monoisotopic (exact) mass is 599 g/mol. The third-order valence-electron chi connectivity index (χ3n) is 6.81. The number of aryl methyl sites for hydroxylation is 1. The second-order valence-electron chi connectivity index (χ2n) is 9.66. The first-order valence-electron chi connectivity index (χ1n) is 12.5. The topological polar surface area (TPSA) is 190 Å². The zero-order valence-corrected chi connectivity index (χ0v) is 23.2. The minimum Gasteiger partial charge on any atom is -0.740 e. The number of nitrogens with zero attached hydrogens (tertiary/aromatic N) is 3. The third kappa shape index (κ3) is 4.71. The molecule has 0 radical (unpaired) electrons. The van der Waals surface area contributed by atoms with Gasteiger partial charge in [-0.15, -0.1) is 0 Å². The highest BCUT2D eigenvalue weighted by Crippen LogP contribution is 2.35. The Balaban J connectivity index is 1.40. The van der Waals surface area contributed by atoms with Crippen LogP contribution in [0.3, 0.4) is 0 Å². The summed E-state index contributed by atoms with van der Waals surface area (Å²) < 4.78 is 59.5. The molecule has 12 nitrogen and oxygen atoms in total. The van der Waals surface area contributed by atoms with Gasteiger partial charge in [0.25, 0.3) is 10.1 Å². The number of nitrogens with one attached hydrogen (secondary N) is 3. The predicted octanol–water partition coefficient (Wildman–Crippen LogP) is 5.04. The first-order chi connectivity index (χ1) is 20.1. The van der Waals surface area contributed by atoms with E-state index in [0.29, 0.717) is 50.7 Å². The van der Waals surface area contributed by atoms with Gasteiger partial charge >= 0.3 is 0 Å². The summed E-state index contributed by atoms with van der Waals surface area (Å²) in [7, 11) is -4.38. The van der Waals surface area contributed by atoms with Crippen LogP contribution in [0.1, 0.15) is 5.56 Å². The summed E-state index contributed by atoms with van der Waals surface area (Å²) in [5.74, 6) is 1.71. The minimum atomic E-state index is -4.38. The molecule has 0 spiro atoms. The second kappa shape index (κ2) is 9.60. The third-order valence-corrected chi connectivity index (χ3v) is 7.99. The molecule has 0 bridgehead atoms. The highest BCUT2D eigenvalue weighted by Gasteiger charge is 2.18. The Morgan fingerprint density at radius 2 is 1.33 bits per heavy atom. The average Bonchev–Trinajstić information content (AvgIpc) is 3.67. The van der Waals surface area contributed by atoms with Crippen LogP contribution in [-0.4, -0.2) is 51.6 Å². The molecule has 14 heteroatoms. The van der Waals surface area contributed by atoms with Crippen LogP contribution in [0.15, 0.2) is 77.7 Å². The second-order valence-corrected chi connectivity index (χ2v) is 11.7. The molecule has 7 rings (SSSR count). The summed E-state index contributed by atoms with van der Waals surface area (Å²) in [5.41, 5.74) is 6.97. The fourth-order valence-corrected chi connectivity index (χ4v) is 5.65. The Labute approximate surface area is 240 Å². The van der Waals surface area contributed by atoms with Gasteiger partial charge in [-0.1, -0.05) is 12.1 Å². The van der Waals surface area contributed by atoms with Gasteiger partial charge in [-0.25, -0.2) is 19.2 Å². The molecule has 1 unspecified atom stereocenters. The number of hydrogen-bond donors (Lipinski definition) is 4. The van der Waals surface area contributed by atoms with Crippen molar-refractivity contribution >= 4 is 54.6 Å². The van der Waals surface area contributed by atoms with Gasteiger partial charge in [0.1, 0.15) is 34.6 Å². The van der Waals surface area contributed by atoms with Crippen LogP contribution in [0.4, 0.5) is 0 Å². The zero-order chi connectivity index (χ0) is 29.2. The Hall–Kier alpha value is -4.89. The van der Waals surface area contributed by atoms with E-state index in [1.807, 2.05) is 43.3 Å². The van der Waals surface area contributed by atoms with E-state index >= 15 is 0 Å². The van der Waals surface area contributed by atoms with Gasteiger partial charge in [-0.3, -0.25) is 4.55 Å². The Morgan fingerprint density at radius 1 is 0.738 bits per heavy atom. The maximum absolute atomic E-state index is 11.6. The first kappa shape index (κ1) is 26.0. The van der Waals surface area contributed by atoms with Gasteiger partial charge in [0, 0.05) is 22.8 Å². The van der Waals surface area contributed by atoms with Crippen molar-refractivity contribution in [3.63, 3.8) is 0 Å². The maximum atomic E-state index is 11.6. The Bertz CT molecular complexity index is 2320. The van der Waals surface area contributed by atoms with Crippen molar-refractivity contribution in [3.8, 4) is 39.9 Å². The van der Waals surface area contributed by atoms with Crippen LogP contribution >= 0.6 is 0 Å². The van der Waals surface area contributed by atoms with Crippen molar-refractivity contribution in [1.29, 1.82) is 0 Å². The van der Waals surface area contributed by atoms with E-state index in [1.54, 1.807) is 12.1 Å². The summed E-state index contributed by atoms with van der Waals surface area (Å²) in [5, 5.41) is 0. The van der Waals surface area contributed by atoms with Gasteiger partial charge in [0.2, 0.25) is 0 Å². The van der Waals surface area contributed by atoms with Crippen LogP contribution in [0.2, 0.25) is 0 Å². The average molecular weight is 600 g/mol. The molecule has 4 aromatic carbocycles. The molecule has 0 aliphatic carbocycles. The van der Waals surface area contributed by atoms with Crippen LogP contribution in [0, 0.1) is 6.92 Å². The number of aromatic amines is 3. The van der Waals surface area contributed by atoms with Gasteiger partial charge < -0.3 is 23.7 Å². The summed E-state index contributed by atoms with van der Waals surface area (Å²) in [6, 6.07) is 20.4. The summed E-state index contributed by atoms with van der Waals surface area (Å²) in [6.45, 7) is 2.00. The van der Waals surface area contributed by atoms with E-state index < -0.39 is 21.5 Å². The smallest absolute Gasteiger partial charge is 0.294 e. The number of H-pyrrole nitrogens is 3. The Morgan fingerprint density at radius 3 is 2.05 bits per heavy atom. The highest BCUT2D eigenvalue weighted by atomic mass is 32.2. The predicted molar refractivity (Wildman–Crippen MR) is 156 cm³/mol. The summed E-state index contributed by atoms with van der Waals surface area (Å²) in [4.78, 5) is 23.7. The molecule has 3 aromatic heterocycles. The molecule has 7 aromatic rings. The molecule has 210 valence electrons. The molecule has 4 N–H and O–H groups in total. The van der Waals surface area contributed by atoms with Crippen molar-refractivity contribution in [1.82, 2.24) is 29.9 Å². The van der Waals surface area contributed by atoms with Crippen molar-refractivity contribution in [2.75, 3.05) is 0 Å². The van der Waals surface area contributed by atoms with Gasteiger partial charge in [0.05, 0.1) is 38.0 Å². The van der Waals surface area contributed by atoms with E-state index in [9.17, 15) is 21.7 Å². The van der Waals surface area contributed by atoms with Gasteiger partial charge in [0.15, 0.2) is 0 Å². The molecule has 3 heterocycles. The van der Waals surface area contributed by atoms with Crippen molar-refractivity contribution < 1.29 is 25.9 Å². The molecular weight excluding hydrogens is 580 g/mol. The number of benzene rings is 4. The van der Waals surface area contributed by atoms with Crippen molar-refractivity contribution in [2.45, 2.75) is 11.8 Å². The van der Waals surface area contributed by atoms with Gasteiger partial charge in [-0.05, 0) is 67.1 Å². The van der Waals surface area contributed by atoms with E-state index in [2.05, 4.69) is 19.9 Å². The van der Waals surface area contributed by atoms with Gasteiger partial charge in [-0.2, -0.15) is 8.42 Å². The molecule has 42 heavy (non-hydrogen) atoms. The van der Waals surface area contributed by atoms with Crippen LogP contribution in [-0.2, 0) is 21.5 Å².